The smallest absolute Gasteiger partial charge is 0.255 e. The Morgan fingerprint density at radius 2 is 1.97 bits per heavy atom. The second-order valence-electron chi connectivity index (χ2n) is 7.40. The van der Waals surface area contributed by atoms with E-state index in [4.69, 9.17) is 9.47 Å². The molecule has 1 fully saturated rings. The Hall–Kier alpha value is -2.97. The topological polar surface area (TPSA) is 80.7 Å². The molecule has 1 heterocycles. The maximum atomic E-state index is 13.9. The lowest BCUT2D eigenvalue weighted by Gasteiger charge is -2.14. The highest BCUT2D eigenvalue weighted by Gasteiger charge is 2.24. The maximum Gasteiger partial charge on any atom is 0.255 e. The summed E-state index contributed by atoms with van der Waals surface area (Å²) < 4.78 is 24.8. The van der Waals surface area contributed by atoms with E-state index in [9.17, 15) is 14.3 Å². The van der Waals surface area contributed by atoms with Gasteiger partial charge in [-0.15, -0.1) is 11.3 Å². The van der Waals surface area contributed by atoms with E-state index in [-0.39, 0.29) is 24.8 Å². The molecule has 3 aromatic rings. The third-order valence-corrected chi connectivity index (χ3v) is 5.94. The Balaban J connectivity index is 0.00000149. The molecule has 1 amide bonds. The summed E-state index contributed by atoms with van der Waals surface area (Å²) in [7, 11) is 1.40. The van der Waals surface area contributed by atoms with E-state index in [1.165, 1.54) is 30.6 Å². The molecule has 33 heavy (non-hydrogen) atoms. The van der Waals surface area contributed by atoms with Crippen molar-refractivity contribution in [2.24, 2.45) is 5.92 Å². The first-order valence-corrected chi connectivity index (χ1v) is 11.9. The number of benzene rings is 2. The van der Waals surface area contributed by atoms with Gasteiger partial charge in [0.1, 0.15) is 5.75 Å². The zero-order chi connectivity index (χ0) is 23.8. The standard InChI is InChI=1S/C23H23FN2O4S.C2H6/c1-29-20-6-4-15(8-18(20)24)10-25-23(28)17-9-16(22-21(11-27)31-13-26-22)5-7-19(17)30-12-14-2-3-14;1-2/h4-9,13-14,27H,2-3,10-12H2,1H3,(H,25,28);1-2H3. The number of methoxy groups -OCH3 is 1. The predicted molar refractivity (Wildman–Crippen MR) is 127 cm³/mol. The van der Waals surface area contributed by atoms with E-state index >= 15 is 0 Å². The number of hydrogen-bond donors (Lipinski definition) is 2. The van der Waals surface area contributed by atoms with Crippen molar-refractivity contribution >= 4 is 17.2 Å². The van der Waals surface area contributed by atoms with E-state index in [1.807, 2.05) is 19.9 Å². The second kappa shape index (κ2) is 11.8. The molecule has 2 N–H and O–H groups in total. The number of ether oxygens (including phenoxy) is 2. The van der Waals surface area contributed by atoms with Crippen molar-refractivity contribution in [3.63, 3.8) is 0 Å². The number of thiazole rings is 1. The summed E-state index contributed by atoms with van der Waals surface area (Å²) in [6.45, 7) is 4.61. The minimum absolute atomic E-state index is 0.121. The summed E-state index contributed by atoms with van der Waals surface area (Å²) in [5.41, 5.74) is 4.03. The number of nitrogens with zero attached hydrogens (tertiary/aromatic N) is 1. The van der Waals surface area contributed by atoms with Crippen LogP contribution in [0.4, 0.5) is 4.39 Å². The summed E-state index contributed by atoms with van der Waals surface area (Å²) in [5.74, 6) is 0.378. The molecule has 1 aromatic heterocycles. The van der Waals surface area contributed by atoms with Crippen molar-refractivity contribution < 1.29 is 23.8 Å². The molecule has 0 saturated heterocycles. The lowest BCUT2D eigenvalue weighted by atomic mass is 10.1. The fourth-order valence-corrected chi connectivity index (χ4v) is 3.83. The first kappa shape index (κ1) is 24.7. The van der Waals surface area contributed by atoms with Gasteiger partial charge in [0, 0.05) is 12.1 Å². The van der Waals surface area contributed by atoms with Crippen molar-refractivity contribution in [3.05, 3.63) is 63.7 Å². The largest absolute Gasteiger partial charge is 0.494 e. The average molecular weight is 473 g/mol. The molecule has 2 aromatic carbocycles. The molecule has 0 radical (unpaired) electrons. The Kier molecular flexibility index (Phi) is 8.79. The van der Waals surface area contributed by atoms with E-state index in [0.29, 0.717) is 35.1 Å². The number of rotatable bonds is 9. The van der Waals surface area contributed by atoms with Crippen LogP contribution in [-0.2, 0) is 13.2 Å². The van der Waals surface area contributed by atoms with Crippen LogP contribution in [0.5, 0.6) is 11.5 Å². The molecule has 0 unspecified atom stereocenters. The highest BCUT2D eigenvalue weighted by molar-refractivity contribution is 7.10. The second-order valence-corrected chi connectivity index (χ2v) is 8.34. The van der Waals surface area contributed by atoms with Gasteiger partial charge in [0.25, 0.3) is 5.91 Å². The van der Waals surface area contributed by atoms with E-state index < -0.39 is 5.82 Å². The highest BCUT2D eigenvalue weighted by Crippen LogP contribution is 2.33. The molecule has 0 spiro atoms. The van der Waals surface area contributed by atoms with E-state index in [0.717, 1.165) is 23.3 Å². The first-order chi connectivity index (χ1) is 16.1. The molecule has 4 rings (SSSR count). The summed E-state index contributed by atoms with van der Waals surface area (Å²) >= 11 is 1.36. The minimum Gasteiger partial charge on any atom is -0.494 e. The predicted octanol–water partition coefficient (Wildman–Crippen LogP) is 5.20. The molecule has 8 heteroatoms. The SMILES string of the molecule is CC.COc1ccc(CNC(=O)c2cc(-c3ncsc3CO)ccc2OCC2CC2)cc1F. The van der Waals surface area contributed by atoms with Crippen LogP contribution in [0.2, 0.25) is 0 Å². The number of amides is 1. The molecular formula is C25H29FN2O4S. The van der Waals surface area contributed by atoms with Gasteiger partial charge in [0.15, 0.2) is 11.6 Å². The fourth-order valence-electron chi connectivity index (χ4n) is 3.19. The van der Waals surface area contributed by atoms with Gasteiger partial charge in [-0.1, -0.05) is 19.9 Å². The first-order valence-electron chi connectivity index (χ1n) is 11.0. The summed E-state index contributed by atoms with van der Waals surface area (Å²) in [6, 6.07) is 9.89. The quantitative estimate of drug-likeness (QED) is 0.448. The zero-order valence-electron chi connectivity index (χ0n) is 19.1. The van der Waals surface area contributed by atoms with E-state index in [2.05, 4.69) is 10.3 Å². The number of carbonyl (C=O) groups excluding carboxylic acids is 1. The normalized spacial score (nSPS) is 12.5. The van der Waals surface area contributed by atoms with Gasteiger partial charge >= 0.3 is 0 Å². The van der Waals surface area contributed by atoms with Crippen LogP contribution in [0.3, 0.4) is 0 Å². The van der Waals surface area contributed by atoms with Crippen LogP contribution < -0.4 is 14.8 Å². The Morgan fingerprint density at radius 3 is 2.64 bits per heavy atom. The van der Waals surface area contributed by atoms with Crippen molar-refractivity contribution in [1.82, 2.24) is 10.3 Å². The third kappa shape index (κ3) is 6.30. The van der Waals surface area contributed by atoms with Gasteiger partial charge in [-0.25, -0.2) is 9.37 Å². The Bertz CT molecular complexity index is 1080. The molecule has 1 saturated carbocycles. The van der Waals surface area contributed by atoms with Crippen LogP contribution in [0.15, 0.2) is 41.9 Å². The van der Waals surface area contributed by atoms with Crippen LogP contribution in [0, 0.1) is 11.7 Å². The van der Waals surface area contributed by atoms with Gasteiger partial charge in [0.2, 0.25) is 0 Å². The summed E-state index contributed by atoms with van der Waals surface area (Å²) in [6.07, 6.45) is 2.28. The number of carbonyl (C=O) groups is 1. The Labute approximate surface area is 197 Å². The maximum absolute atomic E-state index is 13.9. The molecule has 0 aliphatic heterocycles. The monoisotopic (exact) mass is 472 g/mol. The van der Waals surface area contributed by atoms with Crippen LogP contribution in [-0.4, -0.2) is 29.7 Å². The zero-order valence-corrected chi connectivity index (χ0v) is 19.9. The van der Waals surface area contributed by atoms with Gasteiger partial charge in [0.05, 0.1) is 42.0 Å². The third-order valence-electron chi connectivity index (χ3n) is 5.12. The van der Waals surface area contributed by atoms with Gasteiger partial charge in [-0.05, 0) is 54.7 Å². The number of aliphatic hydroxyl groups is 1. The summed E-state index contributed by atoms with van der Waals surface area (Å²) in [5, 5.41) is 12.4. The molecule has 0 atom stereocenters. The van der Waals surface area contributed by atoms with Crippen molar-refractivity contribution in [2.45, 2.75) is 39.8 Å². The number of nitrogens with one attached hydrogen (secondary N) is 1. The van der Waals surface area contributed by atoms with Crippen LogP contribution >= 0.6 is 11.3 Å². The number of aliphatic hydroxyl groups excluding tert-OH is 1. The number of halogens is 1. The van der Waals surface area contributed by atoms with Gasteiger partial charge in [-0.2, -0.15) is 0 Å². The lowest BCUT2D eigenvalue weighted by molar-refractivity contribution is 0.0946. The molecule has 1 aliphatic carbocycles. The Morgan fingerprint density at radius 1 is 1.21 bits per heavy atom. The van der Waals surface area contributed by atoms with Crippen LogP contribution in [0.1, 0.15) is 47.5 Å². The molecule has 176 valence electrons. The minimum atomic E-state index is -0.482. The molecule has 6 nitrogen and oxygen atoms in total. The lowest BCUT2D eigenvalue weighted by Crippen LogP contribution is -2.24. The number of hydrogen-bond acceptors (Lipinski definition) is 6. The van der Waals surface area contributed by atoms with Gasteiger partial charge in [-0.3, -0.25) is 4.79 Å². The molecular weight excluding hydrogens is 443 g/mol. The van der Waals surface area contributed by atoms with Crippen LogP contribution in [0.25, 0.3) is 11.3 Å². The van der Waals surface area contributed by atoms with Crippen molar-refractivity contribution in [1.29, 1.82) is 0 Å². The van der Waals surface area contributed by atoms with E-state index in [1.54, 1.807) is 23.7 Å². The molecule has 1 aliphatic rings. The highest BCUT2D eigenvalue weighted by atomic mass is 32.1. The van der Waals surface area contributed by atoms with Crippen molar-refractivity contribution in [2.75, 3.05) is 13.7 Å². The fraction of sp³-hybridized carbons (Fsp3) is 0.360. The molecule has 0 bridgehead atoms. The summed E-state index contributed by atoms with van der Waals surface area (Å²) in [4.78, 5) is 18.1. The number of aromatic nitrogens is 1. The average Bonchev–Trinajstić information content (AvgIpc) is 3.56. The van der Waals surface area contributed by atoms with Gasteiger partial charge < -0.3 is 19.9 Å². The van der Waals surface area contributed by atoms with Crippen molar-refractivity contribution in [3.8, 4) is 22.8 Å².